The molecule has 0 saturated carbocycles. The van der Waals surface area contributed by atoms with Gasteiger partial charge in [0.1, 0.15) is 5.82 Å². The van der Waals surface area contributed by atoms with Crippen molar-refractivity contribution in [3.8, 4) is 0 Å². The fourth-order valence-electron chi connectivity index (χ4n) is 1.05. The first-order valence-electron chi connectivity index (χ1n) is 4.39. The van der Waals surface area contributed by atoms with E-state index in [2.05, 4.69) is 18.9 Å². The van der Waals surface area contributed by atoms with Crippen molar-refractivity contribution < 1.29 is 0 Å². The number of hydrogen-bond donors (Lipinski definition) is 1. The zero-order valence-electron chi connectivity index (χ0n) is 8.04. The van der Waals surface area contributed by atoms with Gasteiger partial charge < -0.3 is 5.73 Å². The molecule has 1 rings (SSSR count). The van der Waals surface area contributed by atoms with E-state index in [0.717, 1.165) is 24.3 Å². The second-order valence-corrected chi connectivity index (χ2v) is 3.62. The van der Waals surface area contributed by atoms with Crippen LogP contribution in [0, 0.1) is 12.8 Å². The van der Waals surface area contributed by atoms with Gasteiger partial charge in [-0.3, -0.25) is 0 Å². The van der Waals surface area contributed by atoms with Gasteiger partial charge in [-0.25, -0.2) is 4.68 Å². The highest BCUT2D eigenvalue weighted by molar-refractivity contribution is 5.36. The van der Waals surface area contributed by atoms with Gasteiger partial charge in [-0.1, -0.05) is 13.8 Å². The maximum absolute atomic E-state index is 5.79. The summed E-state index contributed by atoms with van der Waals surface area (Å²) in [5.74, 6) is 1.50. The van der Waals surface area contributed by atoms with Gasteiger partial charge in [-0.2, -0.15) is 5.10 Å². The summed E-state index contributed by atoms with van der Waals surface area (Å²) in [6.45, 7) is 7.31. The Hall–Kier alpha value is -0.990. The molecule has 0 amide bonds. The average molecular weight is 167 g/mol. The predicted octanol–water partition coefficient (Wildman–Crippen LogP) is 1.82. The Kier molecular flexibility index (Phi) is 2.74. The summed E-state index contributed by atoms with van der Waals surface area (Å²) < 4.78 is 1.87. The maximum atomic E-state index is 5.79. The van der Waals surface area contributed by atoms with Crippen molar-refractivity contribution >= 4 is 5.82 Å². The molecule has 0 bridgehead atoms. The number of nitrogens with zero attached hydrogens (tertiary/aromatic N) is 2. The van der Waals surface area contributed by atoms with Gasteiger partial charge in [0, 0.05) is 12.1 Å². The summed E-state index contributed by atoms with van der Waals surface area (Å²) in [6, 6.07) is 0. The third-order valence-electron chi connectivity index (χ3n) is 1.99. The number of aryl methyl sites for hydroxylation is 2. The number of hydrogen-bond acceptors (Lipinski definition) is 2. The molecular weight excluding hydrogens is 150 g/mol. The Morgan fingerprint density at radius 2 is 2.25 bits per heavy atom. The van der Waals surface area contributed by atoms with Gasteiger partial charge in [0.05, 0.1) is 6.20 Å². The summed E-state index contributed by atoms with van der Waals surface area (Å²) in [5, 5.41) is 4.18. The second-order valence-electron chi connectivity index (χ2n) is 3.62. The first-order chi connectivity index (χ1) is 5.61. The molecule has 0 radical (unpaired) electrons. The van der Waals surface area contributed by atoms with E-state index in [9.17, 15) is 0 Å². The third-order valence-corrected chi connectivity index (χ3v) is 1.99. The summed E-state index contributed by atoms with van der Waals surface area (Å²) in [4.78, 5) is 0. The van der Waals surface area contributed by atoms with Crippen molar-refractivity contribution in [3.05, 3.63) is 11.8 Å². The van der Waals surface area contributed by atoms with Gasteiger partial charge in [-0.15, -0.1) is 0 Å². The van der Waals surface area contributed by atoms with Crippen LogP contribution in [0.25, 0.3) is 0 Å². The van der Waals surface area contributed by atoms with E-state index < -0.39 is 0 Å². The van der Waals surface area contributed by atoms with Gasteiger partial charge in [-0.05, 0) is 19.3 Å². The lowest BCUT2D eigenvalue weighted by Crippen LogP contribution is -2.07. The monoisotopic (exact) mass is 167 g/mol. The zero-order valence-corrected chi connectivity index (χ0v) is 8.04. The normalized spacial score (nSPS) is 11.0. The third kappa shape index (κ3) is 2.00. The standard InChI is InChI=1S/C9H17N3/c1-7(2)4-5-12-9(10)8(3)6-11-12/h6-7H,4-5,10H2,1-3H3. The molecule has 3 heteroatoms. The van der Waals surface area contributed by atoms with E-state index in [-0.39, 0.29) is 0 Å². The molecule has 2 N–H and O–H groups in total. The van der Waals surface area contributed by atoms with Crippen molar-refractivity contribution in [3.63, 3.8) is 0 Å². The first kappa shape index (κ1) is 9.10. The number of rotatable bonds is 3. The lowest BCUT2D eigenvalue weighted by atomic mass is 10.1. The molecule has 0 aliphatic heterocycles. The van der Waals surface area contributed by atoms with Crippen molar-refractivity contribution in [1.82, 2.24) is 9.78 Å². The molecule has 0 aliphatic carbocycles. The lowest BCUT2D eigenvalue weighted by molar-refractivity contribution is 0.491. The first-order valence-corrected chi connectivity index (χ1v) is 4.39. The van der Waals surface area contributed by atoms with E-state index in [0.29, 0.717) is 5.92 Å². The lowest BCUT2D eigenvalue weighted by Gasteiger charge is -2.06. The van der Waals surface area contributed by atoms with Crippen LogP contribution in [0.3, 0.4) is 0 Å². The second kappa shape index (κ2) is 3.61. The van der Waals surface area contributed by atoms with Crippen LogP contribution in [0.4, 0.5) is 5.82 Å². The summed E-state index contributed by atoms with van der Waals surface area (Å²) in [6.07, 6.45) is 2.95. The Balaban J connectivity index is 2.58. The molecule has 0 unspecified atom stereocenters. The molecule has 0 atom stereocenters. The molecule has 0 aliphatic rings. The van der Waals surface area contributed by atoms with Crippen LogP contribution in [-0.4, -0.2) is 9.78 Å². The quantitative estimate of drug-likeness (QED) is 0.746. The molecule has 0 saturated heterocycles. The molecule has 68 valence electrons. The topological polar surface area (TPSA) is 43.8 Å². The molecule has 1 heterocycles. The Morgan fingerprint density at radius 3 is 2.67 bits per heavy atom. The Morgan fingerprint density at radius 1 is 1.58 bits per heavy atom. The SMILES string of the molecule is Cc1cnn(CCC(C)C)c1N. The highest BCUT2D eigenvalue weighted by Gasteiger charge is 2.02. The minimum atomic E-state index is 0.703. The Bertz CT molecular complexity index is 250. The van der Waals surface area contributed by atoms with Crippen molar-refractivity contribution in [2.75, 3.05) is 5.73 Å². The van der Waals surface area contributed by atoms with Crippen LogP contribution < -0.4 is 5.73 Å². The van der Waals surface area contributed by atoms with Gasteiger partial charge in [0.25, 0.3) is 0 Å². The number of nitrogen functional groups attached to an aromatic ring is 1. The fourth-order valence-corrected chi connectivity index (χ4v) is 1.05. The minimum Gasteiger partial charge on any atom is -0.384 e. The number of anilines is 1. The summed E-state index contributed by atoms with van der Waals surface area (Å²) in [5.41, 5.74) is 6.86. The van der Waals surface area contributed by atoms with Crippen LogP contribution in [-0.2, 0) is 6.54 Å². The number of nitrogens with two attached hydrogens (primary N) is 1. The summed E-state index contributed by atoms with van der Waals surface area (Å²) in [7, 11) is 0. The van der Waals surface area contributed by atoms with E-state index in [1.54, 1.807) is 0 Å². The zero-order chi connectivity index (χ0) is 9.14. The molecule has 3 nitrogen and oxygen atoms in total. The predicted molar refractivity (Wildman–Crippen MR) is 50.8 cm³/mol. The van der Waals surface area contributed by atoms with E-state index in [1.165, 1.54) is 0 Å². The van der Waals surface area contributed by atoms with Crippen molar-refractivity contribution in [2.45, 2.75) is 33.7 Å². The largest absolute Gasteiger partial charge is 0.384 e. The molecule has 12 heavy (non-hydrogen) atoms. The molecule has 0 fully saturated rings. The molecule has 1 aromatic heterocycles. The van der Waals surface area contributed by atoms with Crippen LogP contribution in [0.1, 0.15) is 25.8 Å². The van der Waals surface area contributed by atoms with E-state index in [1.807, 2.05) is 17.8 Å². The Labute approximate surface area is 73.6 Å². The highest BCUT2D eigenvalue weighted by Crippen LogP contribution is 2.10. The van der Waals surface area contributed by atoms with E-state index >= 15 is 0 Å². The van der Waals surface area contributed by atoms with Crippen molar-refractivity contribution in [2.24, 2.45) is 5.92 Å². The maximum Gasteiger partial charge on any atom is 0.124 e. The van der Waals surface area contributed by atoms with Gasteiger partial charge >= 0.3 is 0 Å². The van der Waals surface area contributed by atoms with Crippen molar-refractivity contribution in [1.29, 1.82) is 0 Å². The van der Waals surface area contributed by atoms with Gasteiger partial charge in [0.15, 0.2) is 0 Å². The minimum absolute atomic E-state index is 0.703. The van der Waals surface area contributed by atoms with Crippen LogP contribution in [0.2, 0.25) is 0 Å². The molecule has 1 aromatic rings. The van der Waals surface area contributed by atoms with Gasteiger partial charge in [0.2, 0.25) is 0 Å². The summed E-state index contributed by atoms with van der Waals surface area (Å²) >= 11 is 0. The highest BCUT2D eigenvalue weighted by atomic mass is 15.3. The fraction of sp³-hybridized carbons (Fsp3) is 0.667. The van der Waals surface area contributed by atoms with Crippen LogP contribution >= 0.6 is 0 Å². The molecule has 0 spiro atoms. The van der Waals surface area contributed by atoms with E-state index in [4.69, 9.17) is 5.73 Å². The smallest absolute Gasteiger partial charge is 0.124 e. The van der Waals surface area contributed by atoms with Crippen LogP contribution in [0.15, 0.2) is 6.20 Å². The molecular formula is C9H17N3. The molecule has 0 aromatic carbocycles. The van der Waals surface area contributed by atoms with Crippen LogP contribution in [0.5, 0.6) is 0 Å². The average Bonchev–Trinajstić information content (AvgIpc) is 2.30. The number of aromatic nitrogens is 2.